The third-order valence-corrected chi connectivity index (χ3v) is 2.03. The highest BCUT2D eigenvalue weighted by molar-refractivity contribution is 4.87. The lowest BCUT2D eigenvalue weighted by Gasteiger charge is -2.14. The van der Waals surface area contributed by atoms with Crippen molar-refractivity contribution in [2.45, 2.75) is 45.6 Å². The molecule has 0 rings (SSSR count). The molecule has 11 heavy (non-hydrogen) atoms. The summed E-state index contributed by atoms with van der Waals surface area (Å²) in [7, 11) is 0. The summed E-state index contributed by atoms with van der Waals surface area (Å²) in [6.07, 6.45) is 3.36. The lowest BCUT2D eigenvalue weighted by molar-refractivity contribution is 0.148. The van der Waals surface area contributed by atoms with Crippen LogP contribution in [-0.4, -0.2) is 11.2 Å². The predicted octanol–water partition coefficient (Wildman–Crippen LogP) is 2.09. The van der Waals surface area contributed by atoms with Crippen LogP contribution in [0, 0.1) is 17.2 Å². The number of nitrogens with zero attached hydrogens (tertiary/aromatic N) is 1. The fourth-order valence-corrected chi connectivity index (χ4v) is 1.16. The summed E-state index contributed by atoms with van der Waals surface area (Å²) < 4.78 is 0. The van der Waals surface area contributed by atoms with E-state index in [4.69, 9.17) is 5.26 Å². The van der Waals surface area contributed by atoms with Crippen LogP contribution in [0.1, 0.15) is 39.5 Å². The highest BCUT2D eigenvalue weighted by Gasteiger charge is 2.15. The van der Waals surface area contributed by atoms with Gasteiger partial charge in [0.1, 0.15) is 6.10 Å². The molecule has 0 aromatic carbocycles. The van der Waals surface area contributed by atoms with E-state index < -0.39 is 6.10 Å². The molecule has 0 aliphatic heterocycles. The van der Waals surface area contributed by atoms with Crippen molar-refractivity contribution in [3.63, 3.8) is 0 Å². The Morgan fingerprint density at radius 1 is 1.45 bits per heavy atom. The minimum atomic E-state index is -0.758. The van der Waals surface area contributed by atoms with E-state index in [0.29, 0.717) is 0 Å². The summed E-state index contributed by atoms with van der Waals surface area (Å²) in [5.41, 5.74) is 0. The SMILES string of the molecule is CCCC[C@H](CC)[C@@H](O)C#N. The van der Waals surface area contributed by atoms with E-state index in [1.54, 1.807) is 0 Å². The van der Waals surface area contributed by atoms with Crippen molar-refractivity contribution in [2.24, 2.45) is 5.92 Å². The Morgan fingerprint density at radius 3 is 2.45 bits per heavy atom. The summed E-state index contributed by atoms with van der Waals surface area (Å²) in [6.45, 7) is 4.13. The number of hydrogen-bond acceptors (Lipinski definition) is 2. The molecule has 0 aliphatic rings. The number of rotatable bonds is 5. The zero-order valence-electron chi connectivity index (χ0n) is 7.38. The van der Waals surface area contributed by atoms with Crippen LogP contribution in [0.5, 0.6) is 0 Å². The first-order chi connectivity index (χ1) is 5.26. The van der Waals surface area contributed by atoms with Crippen LogP contribution < -0.4 is 0 Å². The van der Waals surface area contributed by atoms with E-state index in [1.807, 2.05) is 13.0 Å². The molecule has 0 spiro atoms. The van der Waals surface area contributed by atoms with E-state index in [0.717, 1.165) is 25.7 Å². The fourth-order valence-electron chi connectivity index (χ4n) is 1.16. The Kier molecular flexibility index (Phi) is 5.87. The van der Waals surface area contributed by atoms with Crippen LogP contribution in [0.2, 0.25) is 0 Å². The van der Waals surface area contributed by atoms with Crippen molar-refractivity contribution >= 4 is 0 Å². The number of aliphatic hydroxyl groups is 1. The van der Waals surface area contributed by atoms with Gasteiger partial charge in [0.25, 0.3) is 0 Å². The van der Waals surface area contributed by atoms with Crippen LogP contribution in [0.15, 0.2) is 0 Å². The topological polar surface area (TPSA) is 44.0 Å². The molecule has 2 heteroatoms. The molecule has 2 nitrogen and oxygen atoms in total. The zero-order valence-corrected chi connectivity index (χ0v) is 7.38. The van der Waals surface area contributed by atoms with Crippen LogP contribution in [0.25, 0.3) is 0 Å². The second kappa shape index (κ2) is 6.18. The summed E-state index contributed by atoms with van der Waals surface area (Å²) >= 11 is 0. The van der Waals surface area contributed by atoms with Gasteiger partial charge in [0.05, 0.1) is 6.07 Å². The van der Waals surface area contributed by atoms with Gasteiger partial charge < -0.3 is 5.11 Å². The number of aliphatic hydroxyl groups excluding tert-OH is 1. The highest BCUT2D eigenvalue weighted by atomic mass is 16.3. The quantitative estimate of drug-likeness (QED) is 0.618. The molecule has 0 radical (unpaired) electrons. The Bertz CT molecular complexity index is 128. The van der Waals surface area contributed by atoms with Gasteiger partial charge in [-0.3, -0.25) is 0 Å². The smallest absolute Gasteiger partial charge is 0.143 e. The van der Waals surface area contributed by atoms with Crippen molar-refractivity contribution < 1.29 is 5.11 Å². The minimum absolute atomic E-state index is 0.181. The number of unbranched alkanes of at least 4 members (excludes halogenated alkanes) is 1. The Labute approximate surface area is 68.8 Å². The van der Waals surface area contributed by atoms with Gasteiger partial charge in [-0.1, -0.05) is 26.7 Å². The molecule has 0 saturated carbocycles. The maximum absolute atomic E-state index is 9.18. The number of hydrogen-bond donors (Lipinski definition) is 1. The molecule has 0 amide bonds. The largest absolute Gasteiger partial charge is 0.378 e. The second-order valence-electron chi connectivity index (χ2n) is 2.88. The van der Waals surface area contributed by atoms with Gasteiger partial charge in [-0.25, -0.2) is 0 Å². The van der Waals surface area contributed by atoms with Crippen LogP contribution in [0.4, 0.5) is 0 Å². The molecule has 0 aromatic rings. The highest BCUT2D eigenvalue weighted by Crippen LogP contribution is 2.16. The van der Waals surface area contributed by atoms with Crippen molar-refractivity contribution in [3.05, 3.63) is 0 Å². The summed E-state index contributed by atoms with van der Waals surface area (Å²) in [6, 6.07) is 1.88. The summed E-state index contributed by atoms with van der Waals surface area (Å²) in [5.74, 6) is 0.181. The average molecular weight is 155 g/mol. The molecule has 0 heterocycles. The van der Waals surface area contributed by atoms with Crippen molar-refractivity contribution in [1.29, 1.82) is 5.26 Å². The molecule has 0 aliphatic carbocycles. The first kappa shape index (κ1) is 10.4. The minimum Gasteiger partial charge on any atom is -0.378 e. The zero-order chi connectivity index (χ0) is 8.69. The van der Waals surface area contributed by atoms with Crippen molar-refractivity contribution in [2.75, 3.05) is 0 Å². The number of nitriles is 1. The monoisotopic (exact) mass is 155 g/mol. The van der Waals surface area contributed by atoms with E-state index in [2.05, 4.69) is 6.92 Å². The van der Waals surface area contributed by atoms with Crippen LogP contribution >= 0.6 is 0 Å². The molecule has 1 N–H and O–H groups in total. The maximum Gasteiger partial charge on any atom is 0.143 e. The first-order valence-electron chi connectivity index (χ1n) is 4.33. The lowest BCUT2D eigenvalue weighted by atomic mass is 9.94. The van der Waals surface area contributed by atoms with Crippen molar-refractivity contribution in [1.82, 2.24) is 0 Å². The van der Waals surface area contributed by atoms with E-state index >= 15 is 0 Å². The molecule has 0 aromatic heterocycles. The standard InChI is InChI=1S/C9H17NO/c1-3-5-6-8(4-2)9(11)7-10/h8-9,11H,3-6H2,1-2H3/t8-,9-/m0/s1. The first-order valence-corrected chi connectivity index (χ1v) is 4.33. The van der Waals surface area contributed by atoms with E-state index in [1.165, 1.54) is 0 Å². The van der Waals surface area contributed by atoms with E-state index in [9.17, 15) is 5.11 Å². The van der Waals surface area contributed by atoms with Gasteiger partial charge in [-0.15, -0.1) is 0 Å². The van der Waals surface area contributed by atoms with Gasteiger partial charge in [-0.2, -0.15) is 5.26 Å². The van der Waals surface area contributed by atoms with Crippen molar-refractivity contribution in [3.8, 4) is 6.07 Å². The summed E-state index contributed by atoms with van der Waals surface area (Å²) in [5, 5.41) is 17.6. The molecule has 0 fully saturated rings. The van der Waals surface area contributed by atoms with Gasteiger partial charge in [-0.05, 0) is 18.8 Å². The molecule has 0 unspecified atom stereocenters. The predicted molar refractivity (Wildman–Crippen MR) is 44.9 cm³/mol. The van der Waals surface area contributed by atoms with Gasteiger partial charge >= 0.3 is 0 Å². The van der Waals surface area contributed by atoms with Crippen LogP contribution in [-0.2, 0) is 0 Å². The van der Waals surface area contributed by atoms with Gasteiger partial charge in [0, 0.05) is 0 Å². The van der Waals surface area contributed by atoms with E-state index in [-0.39, 0.29) is 5.92 Å². The molecule has 0 bridgehead atoms. The molecule has 2 atom stereocenters. The van der Waals surface area contributed by atoms with Gasteiger partial charge in [0.15, 0.2) is 0 Å². The Hall–Kier alpha value is -0.550. The Balaban J connectivity index is 3.67. The molecular formula is C9H17NO. The molecular weight excluding hydrogens is 138 g/mol. The normalized spacial score (nSPS) is 15.5. The third-order valence-electron chi connectivity index (χ3n) is 2.03. The summed E-state index contributed by atoms with van der Waals surface area (Å²) in [4.78, 5) is 0. The van der Waals surface area contributed by atoms with Gasteiger partial charge in [0.2, 0.25) is 0 Å². The second-order valence-corrected chi connectivity index (χ2v) is 2.88. The fraction of sp³-hybridized carbons (Fsp3) is 0.889. The van der Waals surface area contributed by atoms with Crippen LogP contribution in [0.3, 0.4) is 0 Å². The Morgan fingerprint density at radius 2 is 2.09 bits per heavy atom. The lowest BCUT2D eigenvalue weighted by Crippen LogP contribution is -2.17. The molecule has 0 saturated heterocycles. The third kappa shape index (κ3) is 4.00. The average Bonchev–Trinajstić information content (AvgIpc) is 2.05. The maximum atomic E-state index is 9.18. The molecule has 64 valence electrons.